The third kappa shape index (κ3) is 4.61. The van der Waals surface area contributed by atoms with Gasteiger partial charge in [0.25, 0.3) is 10.1 Å². The summed E-state index contributed by atoms with van der Waals surface area (Å²) in [6.07, 6.45) is 0. The monoisotopic (exact) mass is 450 g/mol. The van der Waals surface area contributed by atoms with Crippen LogP contribution in [0.1, 0.15) is 0 Å². The zero-order valence-corrected chi connectivity index (χ0v) is 18.3. The maximum absolute atomic E-state index is 12.1. The number of anilines is 4. The highest BCUT2D eigenvalue weighted by atomic mass is 32.2. The van der Waals surface area contributed by atoms with E-state index in [2.05, 4.69) is 10.6 Å². The topological polar surface area (TPSA) is 96.9 Å². The maximum atomic E-state index is 12.1. The SMILES string of the molecule is COc1ccc(Nc2cc(Nc3ccc(OC)cc3)c3c(S(=O)(=O)O)cccc3c2)cc1. The summed E-state index contributed by atoms with van der Waals surface area (Å²) in [4.78, 5) is -0.165. The summed E-state index contributed by atoms with van der Waals surface area (Å²) in [6, 6.07) is 23.1. The fourth-order valence-corrected chi connectivity index (χ4v) is 4.19. The third-order valence-electron chi connectivity index (χ3n) is 4.96. The highest BCUT2D eigenvalue weighted by Gasteiger charge is 2.18. The number of hydrogen-bond acceptors (Lipinski definition) is 6. The fourth-order valence-electron chi connectivity index (χ4n) is 3.45. The fraction of sp³-hybridized carbons (Fsp3) is 0.0833. The molecular formula is C24H22N2O5S. The number of fused-ring (bicyclic) bond motifs is 1. The Balaban J connectivity index is 1.82. The molecule has 0 heterocycles. The van der Waals surface area contributed by atoms with E-state index in [9.17, 15) is 13.0 Å². The molecule has 0 fully saturated rings. The average molecular weight is 451 g/mol. The molecular weight excluding hydrogens is 428 g/mol. The van der Waals surface area contributed by atoms with Crippen LogP contribution in [0.2, 0.25) is 0 Å². The largest absolute Gasteiger partial charge is 0.497 e. The van der Waals surface area contributed by atoms with Gasteiger partial charge in [0.05, 0.1) is 14.2 Å². The first kappa shape index (κ1) is 21.5. The molecule has 0 radical (unpaired) electrons. The molecule has 4 aromatic rings. The van der Waals surface area contributed by atoms with Crippen molar-refractivity contribution in [3.63, 3.8) is 0 Å². The molecule has 0 aromatic heterocycles. The molecule has 0 atom stereocenters. The van der Waals surface area contributed by atoms with Gasteiger partial charge >= 0.3 is 0 Å². The number of ether oxygens (including phenoxy) is 2. The summed E-state index contributed by atoms with van der Waals surface area (Å²) in [7, 11) is -1.24. The van der Waals surface area contributed by atoms with Gasteiger partial charge in [0.15, 0.2) is 0 Å². The van der Waals surface area contributed by atoms with Crippen LogP contribution in [0.5, 0.6) is 11.5 Å². The Morgan fingerprint density at radius 3 is 1.81 bits per heavy atom. The van der Waals surface area contributed by atoms with Gasteiger partial charge in [-0.25, -0.2) is 0 Å². The second kappa shape index (κ2) is 8.78. The van der Waals surface area contributed by atoms with Crippen LogP contribution in [-0.4, -0.2) is 27.2 Å². The van der Waals surface area contributed by atoms with Crippen molar-refractivity contribution in [1.82, 2.24) is 0 Å². The lowest BCUT2D eigenvalue weighted by molar-refractivity contribution is 0.415. The van der Waals surface area contributed by atoms with Crippen molar-refractivity contribution in [3.8, 4) is 11.5 Å². The van der Waals surface area contributed by atoms with E-state index in [0.717, 1.165) is 22.8 Å². The van der Waals surface area contributed by atoms with Gasteiger partial charge < -0.3 is 20.1 Å². The molecule has 4 rings (SSSR count). The van der Waals surface area contributed by atoms with Crippen molar-refractivity contribution < 1.29 is 22.4 Å². The van der Waals surface area contributed by atoms with E-state index in [4.69, 9.17) is 9.47 Å². The van der Waals surface area contributed by atoms with Crippen LogP contribution >= 0.6 is 0 Å². The Kier molecular flexibility index (Phi) is 5.89. The van der Waals surface area contributed by atoms with Gasteiger partial charge in [-0.05, 0) is 72.1 Å². The van der Waals surface area contributed by atoms with Crippen LogP contribution in [-0.2, 0) is 10.1 Å². The Morgan fingerprint density at radius 1 is 0.719 bits per heavy atom. The second-order valence-corrected chi connectivity index (χ2v) is 8.45. The van der Waals surface area contributed by atoms with E-state index in [1.165, 1.54) is 6.07 Å². The summed E-state index contributed by atoms with van der Waals surface area (Å²) in [5.74, 6) is 1.45. The van der Waals surface area contributed by atoms with E-state index in [1.54, 1.807) is 44.6 Å². The smallest absolute Gasteiger partial charge is 0.295 e. The summed E-state index contributed by atoms with van der Waals surface area (Å²) in [5, 5.41) is 7.63. The van der Waals surface area contributed by atoms with Crippen LogP contribution in [0.25, 0.3) is 10.8 Å². The standard InChI is InChI=1S/C24H22N2O5S/c1-30-20-10-6-17(7-11-20)25-19-14-16-4-3-5-23(32(27,28)29)24(16)22(15-19)26-18-8-12-21(31-2)13-9-18/h3-15,25-26H,1-2H3,(H,27,28,29). The van der Waals surface area contributed by atoms with E-state index in [-0.39, 0.29) is 4.90 Å². The van der Waals surface area contributed by atoms with Crippen molar-refractivity contribution in [2.75, 3.05) is 24.9 Å². The third-order valence-corrected chi connectivity index (χ3v) is 5.86. The van der Waals surface area contributed by atoms with Gasteiger partial charge in [-0.1, -0.05) is 12.1 Å². The zero-order chi connectivity index (χ0) is 22.7. The van der Waals surface area contributed by atoms with Crippen molar-refractivity contribution in [2.45, 2.75) is 4.90 Å². The van der Waals surface area contributed by atoms with Crippen LogP contribution < -0.4 is 20.1 Å². The molecule has 0 spiro atoms. The molecule has 0 aliphatic rings. The van der Waals surface area contributed by atoms with Crippen LogP contribution in [0, 0.1) is 0 Å². The predicted octanol–water partition coefficient (Wildman–Crippen LogP) is 5.59. The molecule has 0 saturated carbocycles. The molecule has 0 saturated heterocycles. The number of methoxy groups -OCH3 is 2. The van der Waals surface area contributed by atoms with Gasteiger partial charge in [-0.3, -0.25) is 4.55 Å². The molecule has 3 N–H and O–H groups in total. The van der Waals surface area contributed by atoms with Gasteiger partial charge in [0.2, 0.25) is 0 Å². The minimum Gasteiger partial charge on any atom is -0.497 e. The predicted molar refractivity (Wildman–Crippen MR) is 126 cm³/mol. The van der Waals surface area contributed by atoms with E-state index >= 15 is 0 Å². The number of hydrogen-bond donors (Lipinski definition) is 3. The Labute approximate surface area is 186 Å². The van der Waals surface area contributed by atoms with Crippen molar-refractivity contribution in [2.24, 2.45) is 0 Å². The molecule has 32 heavy (non-hydrogen) atoms. The number of benzene rings is 4. The van der Waals surface area contributed by atoms with Gasteiger partial charge in [-0.15, -0.1) is 0 Å². The minimum atomic E-state index is -4.43. The quantitative estimate of drug-likeness (QED) is 0.316. The summed E-state index contributed by atoms with van der Waals surface area (Å²) >= 11 is 0. The highest BCUT2D eigenvalue weighted by Crippen LogP contribution is 2.36. The minimum absolute atomic E-state index is 0.165. The Morgan fingerprint density at radius 2 is 1.28 bits per heavy atom. The summed E-state index contributed by atoms with van der Waals surface area (Å²) in [6.45, 7) is 0. The zero-order valence-electron chi connectivity index (χ0n) is 17.5. The van der Waals surface area contributed by atoms with Crippen molar-refractivity contribution >= 4 is 43.6 Å². The Hall–Kier alpha value is -3.75. The van der Waals surface area contributed by atoms with Gasteiger partial charge in [0.1, 0.15) is 16.4 Å². The van der Waals surface area contributed by atoms with E-state index < -0.39 is 10.1 Å². The van der Waals surface area contributed by atoms with E-state index in [0.29, 0.717) is 22.2 Å². The second-order valence-electron chi connectivity index (χ2n) is 7.06. The molecule has 0 amide bonds. The number of nitrogens with one attached hydrogen (secondary N) is 2. The molecule has 164 valence electrons. The number of rotatable bonds is 7. The average Bonchev–Trinajstić information content (AvgIpc) is 2.79. The molecule has 0 bridgehead atoms. The van der Waals surface area contributed by atoms with Crippen molar-refractivity contribution in [1.29, 1.82) is 0 Å². The first-order valence-corrected chi connectivity index (χ1v) is 11.2. The summed E-state index contributed by atoms with van der Waals surface area (Å²) < 4.78 is 44.3. The highest BCUT2D eigenvalue weighted by molar-refractivity contribution is 7.86. The van der Waals surface area contributed by atoms with Gasteiger partial charge in [0, 0.05) is 28.1 Å². The van der Waals surface area contributed by atoms with Crippen LogP contribution in [0.4, 0.5) is 22.7 Å². The molecule has 0 aliphatic carbocycles. The first-order chi connectivity index (χ1) is 15.4. The molecule has 0 unspecified atom stereocenters. The van der Waals surface area contributed by atoms with Crippen LogP contribution in [0.3, 0.4) is 0 Å². The van der Waals surface area contributed by atoms with Gasteiger partial charge in [-0.2, -0.15) is 8.42 Å². The normalized spacial score (nSPS) is 11.2. The van der Waals surface area contributed by atoms with E-state index in [1.807, 2.05) is 42.5 Å². The van der Waals surface area contributed by atoms with Crippen LogP contribution in [0.15, 0.2) is 83.8 Å². The maximum Gasteiger partial charge on any atom is 0.295 e. The molecule has 7 nitrogen and oxygen atoms in total. The summed E-state index contributed by atoms with van der Waals surface area (Å²) in [5.41, 5.74) is 2.84. The lowest BCUT2D eigenvalue weighted by Crippen LogP contribution is -2.02. The molecule has 0 aliphatic heterocycles. The molecule has 8 heteroatoms. The van der Waals surface area contributed by atoms with Crippen molar-refractivity contribution in [3.05, 3.63) is 78.9 Å². The first-order valence-electron chi connectivity index (χ1n) is 9.74. The molecule has 4 aromatic carbocycles. The lowest BCUT2D eigenvalue weighted by Gasteiger charge is -2.16. The Bertz CT molecular complexity index is 1350. The lowest BCUT2D eigenvalue weighted by atomic mass is 10.1.